The number of nitrogens with zero attached hydrogens (tertiary/aromatic N) is 1. The van der Waals surface area contributed by atoms with Crippen molar-refractivity contribution >= 4 is 48.6 Å². The molecule has 0 amide bonds. The SMILES string of the molecule is CC(C)(C)c1ccc2c(c1)C1(c3ccccc3Oc3c(N(c4ccc5c(c4)C(C)(C)c4ccccc4-5)c4cccc5sc6ccccc6c45)cccc31)c1cc(C(C)(C)C)ccc1-2. The van der Waals surface area contributed by atoms with Crippen molar-refractivity contribution in [3.8, 4) is 33.8 Å². The molecule has 0 fully saturated rings. The Labute approximate surface area is 375 Å². The Morgan fingerprint density at radius 2 is 1.02 bits per heavy atom. The summed E-state index contributed by atoms with van der Waals surface area (Å²) in [5.41, 5.74) is 17.9. The molecule has 0 saturated heterocycles. The van der Waals surface area contributed by atoms with E-state index in [1.165, 1.54) is 81.4 Å². The summed E-state index contributed by atoms with van der Waals surface area (Å²) in [5.74, 6) is 1.78. The third-order valence-corrected chi connectivity index (χ3v) is 15.6. The second-order valence-corrected chi connectivity index (χ2v) is 21.6. The zero-order valence-electron chi connectivity index (χ0n) is 37.4. The predicted molar refractivity (Wildman–Crippen MR) is 266 cm³/mol. The zero-order valence-corrected chi connectivity index (χ0v) is 38.2. The molecule has 8 aromatic carbocycles. The van der Waals surface area contributed by atoms with E-state index in [9.17, 15) is 0 Å². The van der Waals surface area contributed by atoms with Gasteiger partial charge in [-0.15, -0.1) is 11.3 Å². The van der Waals surface area contributed by atoms with Crippen LogP contribution >= 0.6 is 11.3 Å². The van der Waals surface area contributed by atoms with Crippen molar-refractivity contribution in [1.29, 1.82) is 0 Å². The highest BCUT2D eigenvalue weighted by Gasteiger charge is 2.52. The molecule has 0 bridgehead atoms. The van der Waals surface area contributed by atoms with Crippen LogP contribution in [0.1, 0.15) is 99.9 Å². The summed E-state index contributed by atoms with van der Waals surface area (Å²) in [5, 5.41) is 2.52. The fourth-order valence-electron chi connectivity index (χ4n) is 11.2. The lowest BCUT2D eigenvalue weighted by Crippen LogP contribution is -2.33. The van der Waals surface area contributed by atoms with E-state index >= 15 is 0 Å². The Kier molecular flexibility index (Phi) is 7.94. The van der Waals surface area contributed by atoms with E-state index in [4.69, 9.17) is 4.74 Å². The Bertz CT molecular complexity index is 3320. The van der Waals surface area contributed by atoms with Crippen LogP contribution in [0.15, 0.2) is 164 Å². The first-order chi connectivity index (χ1) is 30.3. The summed E-state index contributed by atoms with van der Waals surface area (Å²) in [6.07, 6.45) is 0. The average Bonchev–Trinajstić information content (AvgIpc) is 3.87. The summed E-state index contributed by atoms with van der Waals surface area (Å²) in [6, 6.07) is 62.0. The van der Waals surface area contributed by atoms with Crippen molar-refractivity contribution in [2.45, 2.75) is 77.0 Å². The predicted octanol–water partition coefficient (Wildman–Crippen LogP) is 16.9. The molecule has 0 radical (unpaired) electrons. The quantitative estimate of drug-likeness (QED) is 0.176. The zero-order chi connectivity index (χ0) is 43.2. The fourth-order valence-corrected chi connectivity index (χ4v) is 12.4. The largest absolute Gasteiger partial charge is 0.454 e. The van der Waals surface area contributed by atoms with Gasteiger partial charge in [-0.1, -0.05) is 177 Å². The molecule has 1 aromatic heterocycles. The van der Waals surface area contributed by atoms with Crippen LogP contribution in [0.3, 0.4) is 0 Å². The number of fused-ring (bicyclic) bond motifs is 15. The van der Waals surface area contributed by atoms with Gasteiger partial charge in [-0.3, -0.25) is 0 Å². The van der Waals surface area contributed by atoms with E-state index in [0.29, 0.717) is 0 Å². The van der Waals surface area contributed by atoms with Gasteiger partial charge in [0.15, 0.2) is 5.75 Å². The molecule has 2 nitrogen and oxygen atoms in total. The van der Waals surface area contributed by atoms with Crippen molar-refractivity contribution in [2.75, 3.05) is 4.90 Å². The summed E-state index contributed by atoms with van der Waals surface area (Å²) >= 11 is 1.86. The van der Waals surface area contributed by atoms with Gasteiger partial charge >= 0.3 is 0 Å². The van der Waals surface area contributed by atoms with Crippen molar-refractivity contribution < 1.29 is 4.74 Å². The third kappa shape index (κ3) is 5.30. The first-order valence-corrected chi connectivity index (χ1v) is 23.2. The third-order valence-electron chi connectivity index (χ3n) is 14.5. The summed E-state index contributed by atoms with van der Waals surface area (Å²) in [6.45, 7) is 18.7. The van der Waals surface area contributed by atoms with Gasteiger partial charge < -0.3 is 9.64 Å². The molecule has 2 heterocycles. The summed E-state index contributed by atoms with van der Waals surface area (Å²) in [7, 11) is 0. The number of anilines is 3. The topological polar surface area (TPSA) is 12.5 Å². The lowest BCUT2D eigenvalue weighted by atomic mass is 9.64. The smallest absolute Gasteiger partial charge is 0.156 e. The van der Waals surface area contributed by atoms with Crippen molar-refractivity contribution in [1.82, 2.24) is 0 Å². The van der Waals surface area contributed by atoms with Gasteiger partial charge in [0, 0.05) is 42.4 Å². The van der Waals surface area contributed by atoms with Gasteiger partial charge in [0.2, 0.25) is 0 Å². The maximum Gasteiger partial charge on any atom is 0.156 e. The van der Waals surface area contributed by atoms with E-state index in [0.717, 1.165) is 34.1 Å². The number of para-hydroxylation sites is 2. The van der Waals surface area contributed by atoms with E-state index in [2.05, 4.69) is 224 Å². The molecule has 1 spiro atoms. The Morgan fingerprint density at radius 1 is 0.460 bits per heavy atom. The Morgan fingerprint density at radius 3 is 1.75 bits per heavy atom. The highest BCUT2D eigenvalue weighted by atomic mass is 32.1. The molecule has 3 heteroatoms. The monoisotopic (exact) mass is 833 g/mol. The number of thiophene rings is 1. The molecule has 2 aliphatic carbocycles. The van der Waals surface area contributed by atoms with E-state index in [1.54, 1.807) is 0 Å². The van der Waals surface area contributed by atoms with Crippen LogP contribution in [0, 0.1) is 0 Å². The van der Waals surface area contributed by atoms with Crippen LogP contribution in [0.2, 0.25) is 0 Å². The van der Waals surface area contributed by atoms with Crippen LogP contribution in [0.4, 0.5) is 17.1 Å². The molecule has 0 saturated carbocycles. The Balaban J connectivity index is 1.20. The molecule has 0 atom stereocenters. The highest BCUT2D eigenvalue weighted by Crippen LogP contribution is 2.65. The Hall–Kier alpha value is -6.42. The summed E-state index contributed by atoms with van der Waals surface area (Å²) in [4.78, 5) is 2.51. The first kappa shape index (κ1) is 38.3. The van der Waals surface area contributed by atoms with Gasteiger partial charge in [0.05, 0.1) is 16.8 Å². The highest BCUT2D eigenvalue weighted by molar-refractivity contribution is 7.26. The lowest BCUT2D eigenvalue weighted by Gasteiger charge is -2.42. The average molecular weight is 834 g/mol. The van der Waals surface area contributed by atoms with Gasteiger partial charge in [0.25, 0.3) is 0 Å². The summed E-state index contributed by atoms with van der Waals surface area (Å²) < 4.78 is 10.0. The molecule has 308 valence electrons. The van der Waals surface area contributed by atoms with E-state index in [-0.39, 0.29) is 16.2 Å². The van der Waals surface area contributed by atoms with Crippen LogP contribution in [-0.4, -0.2) is 0 Å². The normalized spacial score (nSPS) is 15.0. The molecule has 1 aliphatic heterocycles. The maximum absolute atomic E-state index is 7.47. The number of hydrogen-bond donors (Lipinski definition) is 0. The molecular weight excluding hydrogens is 783 g/mol. The van der Waals surface area contributed by atoms with Gasteiger partial charge in [-0.2, -0.15) is 0 Å². The second-order valence-electron chi connectivity index (χ2n) is 20.5. The number of hydrogen-bond acceptors (Lipinski definition) is 3. The van der Waals surface area contributed by atoms with E-state index in [1.807, 2.05) is 11.3 Å². The fraction of sp³-hybridized carbons (Fsp3) is 0.200. The van der Waals surface area contributed by atoms with Gasteiger partial charge in [0.1, 0.15) is 5.75 Å². The number of rotatable bonds is 3. The van der Waals surface area contributed by atoms with Gasteiger partial charge in [-0.25, -0.2) is 0 Å². The molecule has 3 aliphatic rings. The molecule has 63 heavy (non-hydrogen) atoms. The van der Waals surface area contributed by atoms with E-state index < -0.39 is 5.41 Å². The molecular formula is C60H51NOS. The van der Waals surface area contributed by atoms with Crippen molar-refractivity contribution in [2.24, 2.45) is 0 Å². The minimum Gasteiger partial charge on any atom is -0.454 e. The standard InChI is InChI=1S/C60H51NOS/c1-57(2,3)36-27-30-41-42-31-28-37(58(4,5)6)34-49(42)60(48(41)33-36)45-20-12-13-24-52(45)62-56-46(60)21-15-23-51(56)61(50-22-16-26-54-55(50)43-18-10-14-25-53(43)63-54)38-29-32-40-39-17-9-11-19-44(39)59(7,8)47(40)35-38/h9-35H,1-8H3. The minimum atomic E-state index is -0.637. The molecule has 0 N–H and O–H groups in total. The van der Waals surface area contributed by atoms with Crippen molar-refractivity contribution in [3.63, 3.8) is 0 Å². The molecule has 0 unspecified atom stereocenters. The molecule has 9 aromatic rings. The minimum absolute atomic E-state index is 0.0449. The van der Waals surface area contributed by atoms with Crippen molar-refractivity contribution in [3.05, 3.63) is 208 Å². The number of benzene rings is 8. The van der Waals surface area contributed by atoms with Gasteiger partial charge in [-0.05, 0) is 109 Å². The lowest BCUT2D eigenvalue weighted by molar-refractivity contribution is 0.437. The first-order valence-electron chi connectivity index (χ1n) is 22.4. The van der Waals surface area contributed by atoms with Crippen LogP contribution in [0.5, 0.6) is 11.5 Å². The maximum atomic E-state index is 7.47. The second kappa shape index (κ2) is 13.1. The number of ether oxygens (including phenoxy) is 1. The van der Waals surface area contributed by atoms with Crippen LogP contribution < -0.4 is 9.64 Å². The molecule has 12 rings (SSSR count). The van der Waals surface area contributed by atoms with Crippen LogP contribution in [0.25, 0.3) is 42.4 Å². The van der Waals surface area contributed by atoms with Crippen LogP contribution in [-0.2, 0) is 21.7 Å².